The van der Waals surface area contributed by atoms with Crippen molar-refractivity contribution < 1.29 is 28.5 Å². The second-order valence-electron chi connectivity index (χ2n) is 8.12. The molecule has 3 aromatic carbocycles. The van der Waals surface area contributed by atoms with E-state index in [-0.39, 0.29) is 19.2 Å². The molecule has 0 radical (unpaired) electrons. The van der Waals surface area contributed by atoms with Gasteiger partial charge in [0.1, 0.15) is 18.3 Å². The Morgan fingerprint density at radius 3 is 2.64 bits per heavy atom. The molecule has 0 spiro atoms. The Morgan fingerprint density at radius 1 is 1.00 bits per heavy atom. The monoisotopic (exact) mass is 444 g/mol. The van der Waals surface area contributed by atoms with Crippen molar-refractivity contribution in [3.8, 4) is 17.2 Å². The first-order chi connectivity index (χ1) is 16.2. The molecule has 168 valence electrons. The summed E-state index contributed by atoms with van der Waals surface area (Å²) in [6.07, 6.45) is 0.860. The van der Waals surface area contributed by atoms with E-state index in [9.17, 15) is 9.59 Å². The van der Waals surface area contributed by atoms with Crippen LogP contribution in [0.15, 0.2) is 66.7 Å². The number of Topliss-reactive ketones (excluding diaryl/α,β-unsaturated/α-hetero) is 1. The average Bonchev–Trinajstić information content (AvgIpc) is 3.43. The van der Waals surface area contributed by atoms with Crippen LogP contribution in [-0.2, 0) is 16.1 Å². The molecular formula is C27H24O6. The SMILES string of the molecule is CCCOc1ccc2c(c1)C(=O)C(C(=O)OCc1ccccc1)C2c1ccc2c(c1)OCO2. The Kier molecular flexibility index (Phi) is 5.73. The minimum absolute atomic E-state index is 0.110. The van der Waals surface area contributed by atoms with Crippen molar-refractivity contribution >= 4 is 11.8 Å². The summed E-state index contributed by atoms with van der Waals surface area (Å²) in [6.45, 7) is 2.84. The number of ether oxygens (including phenoxy) is 4. The van der Waals surface area contributed by atoms with Crippen LogP contribution in [0.25, 0.3) is 0 Å². The van der Waals surface area contributed by atoms with Gasteiger partial charge < -0.3 is 18.9 Å². The zero-order chi connectivity index (χ0) is 22.8. The number of hydrogen-bond acceptors (Lipinski definition) is 6. The van der Waals surface area contributed by atoms with Crippen molar-refractivity contribution in [2.75, 3.05) is 13.4 Å². The van der Waals surface area contributed by atoms with Crippen LogP contribution in [0.2, 0.25) is 0 Å². The van der Waals surface area contributed by atoms with Gasteiger partial charge in [-0.05, 0) is 47.4 Å². The number of benzene rings is 3. The lowest BCUT2D eigenvalue weighted by Crippen LogP contribution is -2.27. The summed E-state index contributed by atoms with van der Waals surface area (Å²) >= 11 is 0. The molecule has 6 heteroatoms. The summed E-state index contributed by atoms with van der Waals surface area (Å²) in [5.41, 5.74) is 2.94. The van der Waals surface area contributed by atoms with Crippen LogP contribution in [0.3, 0.4) is 0 Å². The van der Waals surface area contributed by atoms with Crippen molar-refractivity contribution in [1.82, 2.24) is 0 Å². The number of carbonyl (C=O) groups is 2. The van der Waals surface area contributed by atoms with Crippen LogP contribution in [0.1, 0.15) is 46.3 Å². The summed E-state index contributed by atoms with van der Waals surface area (Å²) in [4.78, 5) is 26.7. The van der Waals surface area contributed by atoms with E-state index in [0.29, 0.717) is 29.4 Å². The lowest BCUT2D eigenvalue weighted by atomic mass is 9.85. The Bertz CT molecular complexity index is 1190. The highest BCUT2D eigenvalue weighted by atomic mass is 16.7. The molecule has 6 nitrogen and oxygen atoms in total. The first kappa shape index (κ1) is 21.1. The maximum absolute atomic E-state index is 13.5. The van der Waals surface area contributed by atoms with Crippen LogP contribution in [-0.4, -0.2) is 25.2 Å². The maximum Gasteiger partial charge on any atom is 0.318 e. The fourth-order valence-electron chi connectivity index (χ4n) is 4.37. The van der Waals surface area contributed by atoms with Crippen LogP contribution in [0.4, 0.5) is 0 Å². The fourth-order valence-corrected chi connectivity index (χ4v) is 4.37. The van der Waals surface area contributed by atoms with Gasteiger partial charge >= 0.3 is 5.97 Å². The van der Waals surface area contributed by atoms with Crippen molar-refractivity contribution in [3.63, 3.8) is 0 Å². The molecule has 2 unspecified atom stereocenters. The summed E-state index contributed by atoms with van der Waals surface area (Å²) < 4.78 is 22.3. The van der Waals surface area contributed by atoms with Gasteiger partial charge in [0.05, 0.1) is 6.61 Å². The molecule has 2 aliphatic rings. The number of rotatable bonds is 7. The maximum atomic E-state index is 13.5. The molecule has 1 aliphatic carbocycles. The van der Waals surface area contributed by atoms with Crippen LogP contribution in [0, 0.1) is 5.92 Å². The number of hydrogen-bond donors (Lipinski definition) is 0. The molecule has 0 saturated heterocycles. The van der Waals surface area contributed by atoms with E-state index in [2.05, 4.69) is 0 Å². The van der Waals surface area contributed by atoms with Crippen LogP contribution >= 0.6 is 0 Å². The molecule has 2 atom stereocenters. The summed E-state index contributed by atoms with van der Waals surface area (Å²) in [5, 5.41) is 0. The van der Waals surface area contributed by atoms with Crippen LogP contribution < -0.4 is 14.2 Å². The molecule has 0 aromatic heterocycles. The highest BCUT2D eigenvalue weighted by Gasteiger charge is 2.46. The van der Waals surface area contributed by atoms with Gasteiger partial charge in [-0.2, -0.15) is 0 Å². The summed E-state index contributed by atoms with van der Waals surface area (Å²) in [7, 11) is 0. The van der Waals surface area contributed by atoms with Gasteiger partial charge in [-0.15, -0.1) is 0 Å². The molecule has 0 amide bonds. The van der Waals surface area contributed by atoms with E-state index in [1.807, 2.05) is 67.6 Å². The van der Waals surface area contributed by atoms with Gasteiger partial charge in [0.15, 0.2) is 17.3 Å². The van der Waals surface area contributed by atoms with Gasteiger partial charge in [0, 0.05) is 11.5 Å². The average molecular weight is 444 g/mol. The van der Waals surface area contributed by atoms with Gasteiger partial charge in [0.2, 0.25) is 6.79 Å². The zero-order valence-corrected chi connectivity index (χ0v) is 18.3. The second-order valence-corrected chi connectivity index (χ2v) is 8.12. The quantitative estimate of drug-likeness (QED) is 0.382. The van der Waals surface area contributed by atoms with E-state index < -0.39 is 17.8 Å². The third-order valence-corrected chi connectivity index (χ3v) is 5.95. The van der Waals surface area contributed by atoms with E-state index in [0.717, 1.165) is 23.1 Å². The number of ketones is 1. The minimum Gasteiger partial charge on any atom is -0.494 e. The number of esters is 1. The van der Waals surface area contributed by atoms with E-state index in [1.165, 1.54) is 0 Å². The molecule has 0 saturated carbocycles. The van der Waals surface area contributed by atoms with Gasteiger partial charge in [-0.25, -0.2) is 0 Å². The zero-order valence-electron chi connectivity index (χ0n) is 18.3. The first-order valence-electron chi connectivity index (χ1n) is 11.1. The predicted molar refractivity (Wildman–Crippen MR) is 121 cm³/mol. The van der Waals surface area contributed by atoms with Gasteiger partial charge in [-0.1, -0.05) is 49.4 Å². The van der Waals surface area contributed by atoms with Crippen molar-refractivity contribution in [3.05, 3.63) is 89.0 Å². The largest absolute Gasteiger partial charge is 0.494 e. The summed E-state index contributed by atoms with van der Waals surface area (Å²) in [5.74, 6) is -0.392. The normalized spacial score (nSPS) is 18.2. The summed E-state index contributed by atoms with van der Waals surface area (Å²) in [6, 6.07) is 20.4. The minimum atomic E-state index is -0.981. The Hall–Kier alpha value is -3.80. The molecule has 0 bridgehead atoms. The van der Waals surface area contributed by atoms with Gasteiger partial charge in [-0.3, -0.25) is 9.59 Å². The molecule has 1 aliphatic heterocycles. The van der Waals surface area contributed by atoms with Crippen molar-refractivity contribution in [2.24, 2.45) is 5.92 Å². The molecule has 33 heavy (non-hydrogen) atoms. The Labute approximate surface area is 192 Å². The second kappa shape index (κ2) is 8.98. The number of carbonyl (C=O) groups excluding carboxylic acids is 2. The third kappa shape index (κ3) is 4.04. The highest BCUT2D eigenvalue weighted by molar-refractivity contribution is 6.14. The molecule has 0 fully saturated rings. The van der Waals surface area contributed by atoms with Crippen LogP contribution in [0.5, 0.6) is 17.2 Å². The lowest BCUT2D eigenvalue weighted by molar-refractivity contribution is -0.148. The topological polar surface area (TPSA) is 71.1 Å². The molecule has 5 rings (SSSR count). The van der Waals surface area contributed by atoms with Crippen molar-refractivity contribution in [1.29, 1.82) is 0 Å². The highest BCUT2D eigenvalue weighted by Crippen LogP contribution is 2.46. The van der Waals surface area contributed by atoms with Crippen molar-refractivity contribution in [2.45, 2.75) is 25.9 Å². The smallest absolute Gasteiger partial charge is 0.318 e. The molecule has 1 heterocycles. The van der Waals surface area contributed by atoms with Gasteiger partial charge in [0.25, 0.3) is 0 Å². The molecule has 0 N–H and O–H groups in total. The van der Waals surface area contributed by atoms with E-state index >= 15 is 0 Å². The predicted octanol–water partition coefficient (Wildman–Crippen LogP) is 4.89. The standard InChI is InChI=1S/C27H24O6/c1-2-12-30-19-9-10-20-21(14-19)26(28)25(27(29)31-15-17-6-4-3-5-7-17)24(20)18-8-11-22-23(13-18)33-16-32-22/h3-11,13-14,24-25H,2,12,15-16H2,1H3. The Morgan fingerprint density at radius 2 is 1.82 bits per heavy atom. The number of fused-ring (bicyclic) bond motifs is 2. The fraction of sp³-hybridized carbons (Fsp3) is 0.259. The third-order valence-electron chi connectivity index (χ3n) is 5.95. The molecule has 3 aromatic rings. The first-order valence-corrected chi connectivity index (χ1v) is 11.1. The van der Waals surface area contributed by atoms with E-state index in [1.54, 1.807) is 6.07 Å². The Balaban J connectivity index is 1.49. The lowest BCUT2D eigenvalue weighted by Gasteiger charge is -2.19. The van der Waals surface area contributed by atoms with E-state index in [4.69, 9.17) is 18.9 Å². The molecular weight excluding hydrogens is 420 g/mol.